The van der Waals surface area contributed by atoms with Gasteiger partial charge in [0.2, 0.25) is 5.95 Å². The quantitative estimate of drug-likeness (QED) is 0.581. The van der Waals surface area contributed by atoms with Gasteiger partial charge in [0.05, 0.1) is 3.57 Å². The molecule has 0 saturated heterocycles. The molecule has 1 aromatic rings. The van der Waals surface area contributed by atoms with E-state index < -0.39 is 0 Å². The molecule has 0 aliphatic rings. The Morgan fingerprint density at radius 3 is 2.64 bits per heavy atom. The lowest BCUT2D eigenvalue weighted by atomic mass is 10.6. The molecule has 0 saturated carbocycles. The lowest BCUT2D eigenvalue weighted by Gasteiger charge is -2.09. The maximum absolute atomic E-state index is 5.77. The van der Waals surface area contributed by atoms with Gasteiger partial charge in [-0.15, -0.1) is 0 Å². The van der Waals surface area contributed by atoms with Crippen molar-refractivity contribution in [2.75, 3.05) is 19.0 Å². The molecule has 1 aromatic heterocycles. The highest BCUT2D eigenvalue weighted by Crippen LogP contribution is 2.16. The molecule has 0 spiro atoms. The lowest BCUT2D eigenvalue weighted by Crippen LogP contribution is -2.12. The first-order chi connectivity index (χ1) is 5.11. The number of nitrogens with zero attached hydrogens (tertiary/aromatic N) is 3. The van der Waals surface area contributed by atoms with E-state index in [9.17, 15) is 0 Å². The van der Waals surface area contributed by atoms with Crippen molar-refractivity contribution in [1.29, 1.82) is 0 Å². The second-order valence-electron chi connectivity index (χ2n) is 2.20. The number of hydrogen-bond acceptors (Lipinski definition) is 3. The smallest absolute Gasteiger partial charge is 0.226 e. The minimum atomic E-state index is 0.504. The number of aromatic nitrogens is 2. The third-order valence-electron chi connectivity index (χ3n) is 1.09. The van der Waals surface area contributed by atoms with Gasteiger partial charge in [-0.05, 0) is 22.6 Å². The van der Waals surface area contributed by atoms with Gasteiger partial charge in [-0.25, -0.2) is 4.98 Å². The molecule has 0 unspecified atom stereocenters. The van der Waals surface area contributed by atoms with Crippen LogP contribution >= 0.6 is 34.2 Å². The maximum atomic E-state index is 5.77. The van der Waals surface area contributed by atoms with Crippen LogP contribution in [0.3, 0.4) is 0 Å². The fourth-order valence-corrected chi connectivity index (χ4v) is 0.937. The molecule has 0 atom stereocenters. The maximum Gasteiger partial charge on any atom is 0.226 e. The predicted octanol–water partition coefficient (Wildman–Crippen LogP) is 1.80. The Labute approximate surface area is 83.9 Å². The first kappa shape index (κ1) is 8.99. The first-order valence-electron chi connectivity index (χ1n) is 2.96. The van der Waals surface area contributed by atoms with E-state index in [4.69, 9.17) is 11.6 Å². The van der Waals surface area contributed by atoms with Gasteiger partial charge in [0.1, 0.15) is 5.15 Å². The third-order valence-corrected chi connectivity index (χ3v) is 2.48. The minimum Gasteiger partial charge on any atom is -0.347 e. The van der Waals surface area contributed by atoms with E-state index in [0.29, 0.717) is 11.1 Å². The van der Waals surface area contributed by atoms with E-state index >= 15 is 0 Å². The molecule has 5 heteroatoms. The number of halogens is 2. The fraction of sp³-hybridized carbons (Fsp3) is 0.333. The number of rotatable bonds is 1. The summed E-state index contributed by atoms with van der Waals surface area (Å²) in [6.45, 7) is 0. The summed E-state index contributed by atoms with van der Waals surface area (Å²) in [5.41, 5.74) is 0. The molecule has 0 N–H and O–H groups in total. The molecule has 0 aromatic carbocycles. The van der Waals surface area contributed by atoms with Crippen molar-refractivity contribution < 1.29 is 0 Å². The standard InChI is InChI=1S/C6H7ClIN3/c1-11(2)6-9-3-4(8)5(7)10-6/h3H,1-2H3. The van der Waals surface area contributed by atoms with Gasteiger partial charge in [0.25, 0.3) is 0 Å². The first-order valence-corrected chi connectivity index (χ1v) is 4.42. The highest BCUT2D eigenvalue weighted by atomic mass is 127. The van der Waals surface area contributed by atoms with Crippen LogP contribution in [-0.2, 0) is 0 Å². The Balaban J connectivity index is 3.05. The largest absolute Gasteiger partial charge is 0.347 e. The summed E-state index contributed by atoms with van der Waals surface area (Å²) in [7, 11) is 3.75. The van der Waals surface area contributed by atoms with E-state index in [-0.39, 0.29) is 0 Å². The molecule has 11 heavy (non-hydrogen) atoms. The van der Waals surface area contributed by atoms with Gasteiger partial charge in [-0.1, -0.05) is 11.6 Å². The van der Waals surface area contributed by atoms with Crippen molar-refractivity contribution in [3.63, 3.8) is 0 Å². The molecule has 0 amide bonds. The second kappa shape index (κ2) is 3.53. The molecule has 0 aliphatic heterocycles. The van der Waals surface area contributed by atoms with Gasteiger partial charge < -0.3 is 4.90 Å². The van der Waals surface area contributed by atoms with Crippen LogP contribution in [0.2, 0.25) is 5.15 Å². The Hall–Kier alpha value is -0.100. The van der Waals surface area contributed by atoms with E-state index in [1.54, 1.807) is 6.20 Å². The summed E-state index contributed by atoms with van der Waals surface area (Å²) in [6.07, 6.45) is 1.70. The van der Waals surface area contributed by atoms with Gasteiger partial charge in [0.15, 0.2) is 0 Å². The zero-order chi connectivity index (χ0) is 8.43. The SMILES string of the molecule is CN(C)c1ncc(I)c(Cl)n1. The van der Waals surface area contributed by atoms with Crippen LogP contribution < -0.4 is 4.90 Å². The average Bonchev–Trinajstić information content (AvgIpc) is 1.94. The Morgan fingerprint density at radius 1 is 1.55 bits per heavy atom. The van der Waals surface area contributed by atoms with Gasteiger partial charge in [-0.3, -0.25) is 0 Å². The number of hydrogen-bond donors (Lipinski definition) is 0. The van der Waals surface area contributed by atoms with Crippen LogP contribution in [0.5, 0.6) is 0 Å². The van der Waals surface area contributed by atoms with Crippen molar-refractivity contribution in [3.05, 3.63) is 14.9 Å². The van der Waals surface area contributed by atoms with Crippen molar-refractivity contribution in [3.8, 4) is 0 Å². The van der Waals surface area contributed by atoms with Crippen LogP contribution in [0, 0.1) is 3.57 Å². The summed E-state index contributed by atoms with van der Waals surface area (Å²) >= 11 is 7.86. The summed E-state index contributed by atoms with van der Waals surface area (Å²) in [5.74, 6) is 0.635. The van der Waals surface area contributed by atoms with Crippen LogP contribution in [0.4, 0.5) is 5.95 Å². The Morgan fingerprint density at radius 2 is 2.18 bits per heavy atom. The second-order valence-corrected chi connectivity index (χ2v) is 3.72. The van der Waals surface area contributed by atoms with E-state index in [2.05, 4.69) is 32.6 Å². The topological polar surface area (TPSA) is 29.0 Å². The van der Waals surface area contributed by atoms with Gasteiger partial charge in [0, 0.05) is 20.3 Å². The van der Waals surface area contributed by atoms with Crippen LogP contribution in [0.15, 0.2) is 6.20 Å². The summed E-state index contributed by atoms with van der Waals surface area (Å²) in [4.78, 5) is 9.91. The van der Waals surface area contributed by atoms with Gasteiger partial charge >= 0.3 is 0 Å². The normalized spacial score (nSPS) is 9.82. The zero-order valence-electron chi connectivity index (χ0n) is 6.17. The van der Waals surface area contributed by atoms with Crippen molar-refractivity contribution in [2.24, 2.45) is 0 Å². The van der Waals surface area contributed by atoms with E-state index in [1.807, 2.05) is 19.0 Å². The average molecular weight is 284 g/mol. The highest BCUT2D eigenvalue weighted by molar-refractivity contribution is 14.1. The summed E-state index contributed by atoms with van der Waals surface area (Å²) in [5, 5.41) is 0.504. The lowest BCUT2D eigenvalue weighted by molar-refractivity contribution is 0.993. The van der Waals surface area contributed by atoms with Crippen LogP contribution in [0.1, 0.15) is 0 Å². The van der Waals surface area contributed by atoms with Crippen molar-refractivity contribution >= 4 is 40.1 Å². The highest BCUT2D eigenvalue weighted by Gasteiger charge is 2.02. The number of anilines is 1. The molecule has 60 valence electrons. The van der Waals surface area contributed by atoms with Crippen molar-refractivity contribution in [2.45, 2.75) is 0 Å². The molecular weight excluding hydrogens is 276 g/mol. The third kappa shape index (κ3) is 2.16. The summed E-state index contributed by atoms with van der Waals surface area (Å²) in [6, 6.07) is 0. The van der Waals surface area contributed by atoms with Crippen LogP contribution in [0.25, 0.3) is 0 Å². The van der Waals surface area contributed by atoms with Crippen molar-refractivity contribution in [1.82, 2.24) is 9.97 Å². The Bertz CT molecular complexity index is 264. The Kier molecular flexibility index (Phi) is 2.89. The van der Waals surface area contributed by atoms with Gasteiger partial charge in [-0.2, -0.15) is 4.98 Å². The van der Waals surface area contributed by atoms with Crippen LogP contribution in [-0.4, -0.2) is 24.1 Å². The molecule has 3 nitrogen and oxygen atoms in total. The van der Waals surface area contributed by atoms with E-state index in [1.165, 1.54) is 0 Å². The fourth-order valence-electron chi connectivity index (χ4n) is 0.553. The molecule has 1 rings (SSSR count). The molecule has 0 aliphatic carbocycles. The molecule has 1 heterocycles. The molecule has 0 fully saturated rings. The molecule has 0 radical (unpaired) electrons. The monoisotopic (exact) mass is 283 g/mol. The predicted molar refractivity (Wildman–Crippen MR) is 54.1 cm³/mol. The molecule has 0 bridgehead atoms. The minimum absolute atomic E-state index is 0.504. The van der Waals surface area contributed by atoms with E-state index in [0.717, 1.165) is 3.57 Å². The zero-order valence-corrected chi connectivity index (χ0v) is 9.09. The molecular formula is C6H7ClIN3. The summed E-state index contributed by atoms with van der Waals surface area (Å²) < 4.78 is 0.870.